The van der Waals surface area contributed by atoms with Gasteiger partial charge in [-0.15, -0.1) is 0 Å². The van der Waals surface area contributed by atoms with Crippen molar-refractivity contribution in [3.05, 3.63) is 11.8 Å². The van der Waals surface area contributed by atoms with Crippen molar-refractivity contribution in [1.29, 1.82) is 0 Å². The third kappa shape index (κ3) is 3.86. The normalized spacial score (nSPS) is 24.1. The fourth-order valence-electron chi connectivity index (χ4n) is 3.60. The Morgan fingerprint density at radius 2 is 1.90 bits per heavy atom. The lowest BCUT2D eigenvalue weighted by atomic mass is 9.95. The Balaban J connectivity index is 1.72. The van der Waals surface area contributed by atoms with Gasteiger partial charge in [-0.2, -0.15) is 4.98 Å². The summed E-state index contributed by atoms with van der Waals surface area (Å²) in [7, 11) is 0. The van der Waals surface area contributed by atoms with Gasteiger partial charge in [0.05, 0.1) is 0 Å². The van der Waals surface area contributed by atoms with Crippen molar-refractivity contribution >= 4 is 11.8 Å². The number of aromatic nitrogens is 2. The summed E-state index contributed by atoms with van der Waals surface area (Å²) in [5, 5.41) is 3.63. The molecule has 1 aromatic rings. The molecule has 3 rings (SSSR count). The van der Waals surface area contributed by atoms with Crippen molar-refractivity contribution in [2.75, 3.05) is 23.3 Å². The maximum Gasteiger partial charge on any atom is 0.227 e. The predicted octanol–water partition coefficient (Wildman–Crippen LogP) is 3.77. The second kappa shape index (κ2) is 6.63. The first-order valence-electron chi connectivity index (χ1n) is 8.58. The summed E-state index contributed by atoms with van der Waals surface area (Å²) in [6.45, 7) is 6.58. The van der Waals surface area contributed by atoms with Crippen LogP contribution >= 0.6 is 0 Å². The Hall–Kier alpha value is -1.32. The maximum absolute atomic E-state index is 4.79. The first-order chi connectivity index (χ1) is 10.2. The standard InChI is InChI=1S/C17H28N4/c1-13-7-6-10-21(12-13)17-18-14(2)11-16(20-17)19-15-8-4-3-5-9-15/h11,13,15H,3-10,12H2,1-2H3,(H,18,19,20). The van der Waals surface area contributed by atoms with Gasteiger partial charge in [-0.1, -0.05) is 26.2 Å². The second-order valence-corrected chi connectivity index (χ2v) is 6.87. The fourth-order valence-corrected chi connectivity index (χ4v) is 3.60. The van der Waals surface area contributed by atoms with E-state index in [-0.39, 0.29) is 0 Å². The highest BCUT2D eigenvalue weighted by molar-refractivity contribution is 5.44. The molecular weight excluding hydrogens is 260 g/mol. The molecule has 1 unspecified atom stereocenters. The highest BCUT2D eigenvalue weighted by atomic mass is 15.3. The summed E-state index contributed by atoms with van der Waals surface area (Å²) in [5.74, 6) is 2.68. The summed E-state index contributed by atoms with van der Waals surface area (Å²) >= 11 is 0. The Kier molecular flexibility index (Phi) is 4.61. The van der Waals surface area contributed by atoms with E-state index in [0.717, 1.165) is 36.5 Å². The summed E-state index contributed by atoms with van der Waals surface area (Å²) in [6.07, 6.45) is 9.21. The number of nitrogens with one attached hydrogen (secondary N) is 1. The Morgan fingerprint density at radius 3 is 2.67 bits per heavy atom. The molecule has 2 fully saturated rings. The maximum atomic E-state index is 4.79. The van der Waals surface area contributed by atoms with Crippen LogP contribution in [0.5, 0.6) is 0 Å². The zero-order valence-electron chi connectivity index (χ0n) is 13.4. The molecule has 4 nitrogen and oxygen atoms in total. The van der Waals surface area contributed by atoms with Gasteiger partial charge in [0.2, 0.25) is 5.95 Å². The van der Waals surface area contributed by atoms with Crippen LogP contribution in [0.15, 0.2) is 6.07 Å². The van der Waals surface area contributed by atoms with E-state index in [0.29, 0.717) is 6.04 Å². The SMILES string of the molecule is Cc1cc(NC2CCCCC2)nc(N2CCCC(C)C2)n1. The minimum Gasteiger partial charge on any atom is -0.367 e. The third-order valence-corrected chi connectivity index (χ3v) is 4.74. The summed E-state index contributed by atoms with van der Waals surface area (Å²) < 4.78 is 0. The van der Waals surface area contributed by atoms with Gasteiger partial charge in [-0.3, -0.25) is 0 Å². The number of hydrogen-bond acceptors (Lipinski definition) is 4. The number of piperidine rings is 1. The molecule has 0 spiro atoms. The molecule has 0 amide bonds. The van der Waals surface area contributed by atoms with Crippen molar-refractivity contribution in [3.8, 4) is 0 Å². The zero-order valence-corrected chi connectivity index (χ0v) is 13.4. The predicted molar refractivity (Wildman–Crippen MR) is 87.9 cm³/mol. The van der Waals surface area contributed by atoms with Gasteiger partial charge in [0.1, 0.15) is 5.82 Å². The van der Waals surface area contributed by atoms with Gasteiger partial charge in [0.25, 0.3) is 0 Å². The number of hydrogen-bond donors (Lipinski definition) is 1. The highest BCUT2D eigenvalue weighted by Gasteiger charge is 2.20. The first kappa shape index (κ1) is 14.6. The number of anilines is 2. The zero-order chi connectivity index (χ0) is 14.7. The van der Waals surface area contributed by atoms with Crippen LogP contribution in [0.3, 0.4) is 0 Å². The van der Waals surface area contributed by atoms with Crippen LogP contribution in [0, 0.1) is 12.8 Å². The van der Waals surface area contributed by atoms with Gasteiger partial charge in [0, 0.05) is 30.9 Å². The molecule has 2 aliphatic rings. The van der Waals surface area contributed by atoms with Crippen LogP contribution in [0.2, 0.25) is 0 Å². The fraction of sp³-hybridized carbons (Fsp3) is 0.765. The second-order valence-electron chi connectivity index (χ2n) is 6.87. The molecule has 116 valence electrons. The van der Waals surface area contributed by atoms with Crippen LogP contribution in [-0.2, 0) is 0 Å². The van der Waals surface area contributed by atoms with E-state index in [1.54, 1.807) is 0 Å². The number of aryl methyl sites for hydroxylation is 1. The molecule has 1 atom stereocenters. The summed E-state index contributed by atoms with van der Waals surface area (Å²) in [5.41, 5.74) is 1.07. The van der Waals surface area contributed by atoms with Gasteiger partial charge in [-0.05, 0) is 38.5 Å². The molecule has 1 saturated carbocycles. The van der Waals surface area contributed by atoms with E-state index < -0.39 is 0 Å². The highest BCUT2D eigenvalue weighted by Crippen LogP contribution is 2.24. The van der Waals surface area contributed by atoms with E-state index in [4.69, 9.17) is 4.98 Å². The first-order valence-corrected chi connectivity index (χ1v) is 8.58. The van der Waals surface area contributed by atoms with Crippen LogP contribution in [0.1, 0.15) is 57.6 Å². The molecular formula is C17H28N4. The van der Waals surface area contributed by atoms with Crippen LogP contribution in [0.25, 0.3) is 0 Å². The molecule has 1 aromatic heterocycles. The lowest BCUT2D eigenvalue weighted by Crippen LogP contribution is -2.35. The Morgan fingerprint density at radius 1 is 1.10 bits per heavy atom. The molecule has 2 heterocycles. The lowest BCUT2D eigenvalue weighted by molar-refractivity contribution is 0.441. The molecule has 1 aliphatic carbocycles. The largest absolute Gasteiger partial charge is 0.367 e. The average Bonchev–Trinajstić information content (AvgIpc) is 2.48. The minimum atomic E-state index is 0.598. The molecule has 1 N–H and O–H groups in total. The summed E-state index contributed by atoms with van der Waals surface area (Å²) in [4.78, 5) is 11.8. The van der Waals surface area contributed by atoms with Gasteiger partial charge in [0.15, 0.2) is 0 Å². The van der Waals surface area contributed by atoms with Crippen molar-refractivity contribution in [2.45, 2.75) is 64.8 Å². The van der Waals surface area contributed by atoms with Crippen molar-refractivity contribution < 1.29 is 0 Å². The van der Waals surface area contributed by atoms with Crippen molar-refractivity contribution in [3.63, 3.8) is 0 Å². The number of nitrogens with zero attached hydrogens (tertiary/aromatic N) is 3. The van der Waals surface area contributed by atoms with Crippen LogP contribution < -0.4 is 10.2 Å². The molecule has 1 aliphatic heterocycles. The van der Waals surface area contributed by atoms with E-state index in [9.17, 15) is 0 Å². The quantitative estimate of drug-likeness (QED) is 0.919. The van der Waals surface area contributed by atoms with E-state index >= 15 is 0 Å². The lowest BCUT2D eigenvalue weighted by Gasteiger charge is -2.31. The van der Waals surface area contributed by atoms with Crippen molar-refractivity contribution in [1.82, 2.24) is 9.97 Å². The third-order valence-electron chi connectivity index (χ3n) is 4.74. The monoisotopic (exact) mass is 288 g/mol. The smallest absolute Gasteiger partial charge is 0.227 e. The Bertz CT molecular complexity index is 468. The Labute approximate surface area is 128 Å². The summed E-state index contributed by atoms with van der Waals surface area (Å²) in [6, 6.07) is 2.69. The molecule has 1 saturated heterocycles. The van der Waals surface area contributed by atoms with Crippen LogP contribution in [-0.4, -0.2) is 29.1 Å². The molecule has 0 bridgehead atoms. The van der Waals surface area contributed by atoms with Crippen molar-refractivity contribution in [2.24, 2.45) is 5.92 Å². The minimum absolute atomic E-state index is 0.598. The molecule has 0 radical (unpaired) electrons. The van der Waals surface area contributed by atoms with E-state index in [1.807, 2.05) is 0 Å². The van der Waals surface area contributed by atoms with Gasteiger partial charge in [-0.25, -0.2) is 4.98 Å². The van der Waals surface area contributed by atoms with Gasteiger partial charge >= 0.3 is 0 Å². The molecule has 0 aromatic carbocycles. The van der Waals surface area contributed by atoms with E-state index in [2.05, 4.69) is 35.1 Å². The van der Waals surface area contributed by atoms with Crippen LogP contribution in [0.4, 0.5) is 11.8 Å². The average molecular weight is 288 g/mol. The molecule has 21 heavy (non-hydrogen) atoms. The van der Waals surface area contributed by atoms with E-state index in [1.165, 1.54) is 44.9 Å². The topological polar surface area (TPSA) is 41.1 Å². The number of rotatable bonds is 3. The molecule has 4 heteroatoms. The van der Waals surface area contributed by atoms with Gasteiger partial charge < -0.3 is 10.2 Å².